The van der Waals surface area contributed by atoms with E-state index in [1.165, 1.54) is 11.5 Å². The highest BCUT2D eigenvalue weighted by molar-refractivity contribution is 8.00. The van der Waals surface area contributed by atoms with E-state index >= 15 is 0 Å². The summed E-state index contributed by atoms with van der Waals surface area (Å²) in [6.45, 7) is 2.97. The summed E-state index contributed by atoms with van der Waals surface area (Å²) in [4.78, 5) is 4.20. The summed E-state index contributed by atoms with van der Waals surface area (Å²) in [5.41, 5.74) is 1.09. The van der Waals surface area contributed by atoms with Crippen molar-refractivity contribution >= 4 is 23.3 Å². The highest BCUT2D eigenvalue weighted by Crippen LogP contribution is 2.33. The third kappa shape index (κ3) is 4.33. The van der Waals surface area contributed by atoms with Crippen LogP contribution in [0.1, 0.15) is 18.5 Å². The molecular formula is C14H19N3O2S2. The Morgan fingerprint density at radius 2 is 2.19 bits per heavy atom. The average molecular weight is 325 g/mol. The molecule has 0 spiro atoms. The molecule has 1 atom stereocenters. The largest absolute Gasteiger partial charge is 0.497 e. The molecule has 0 aliphatic carbocycles. The Morgan fingerprint density at radius 3 is 2.81 bits per heavy atom. The zero-order valence-corrected chi connectivity index (χ0v) is 14.0. The molecule has 0 bridgehead atoms. The van der Waals surface area contributed by atoms with E-state index in [0.717, 1.165) is 33.7 Å². The number of aromatic nitrogens is 2. The quantitative estimate of drug-likeness (QED) is 0.753. The molecule has 1 aromatic heterocycles. The Labute approximate surface area is 133 Å². The fourth-order valence-corrected chi connectivity index (χ4v) is 3.55. The Morgan fingerprint density at radius 1 is 1.33 bits per heavy atom. The lowest BCUT2D eigenvalue weighted by Crippen LogP contribution is -2.23. The summed E-state index contributed by atoms with van der Waals surface area (Å²) in [6, 6.07) is 6.03. The van der Waals surface area contributed by atoms with Gasteiger partial charge in [0.15, 0.2) is 4.34 Å². The maximum absolute atomic E-state index is 5.48. The van der Waals surface area contributed by atoms with Crippen molar-refractivity contribution in [3.63, 3.8) is 0 Å². The van der Waals surface area contributed by atoms with Gasteiger partial charge in [-0.15, -0.1) is 0 Å². The Kier molecular flexibility index (Phi) is 6.28. The van der Waals surface area contributed by atoms with E-state index in [4.69, 9.17) is 9.47 Å². The molecule has 0 aliphatic heterocycles. The number of thioether (sulfide) groups is 1. The summed E-state index contributed by atoms with van der Waals surface area (Å²) in [7, 11) is 3.36. The predicted octanol–water partition coefficient (Wildman–Crippen LogP) is 3.00. The first-order valence-corrected chi connectivity index (χ1v) is 8.39. The van der Waals surface area contributed by atoms with Crippen molar-refractivity contribution in [1.29, 1.82) is 0 Å². The summed E-state index contributed by atoms with van der Waals surface area (Å²) < 4.78 is 15.8. The van der Waals surface area contributed by atoms with Crippen molar-refractivity contribution in [2.24, 2.45) is 0 Å². The van der Waals surface area contributed by atoms with Gasteiger partial charge in [-0.3, -0.25) is 0 Å². The van der Waals surface area contributed by atoms with E-state index in [1.807, 2.05) is 18.2 Å². The summed E-state index contributed by atoms with van der Waals surface area (Å²) >= 11 is 3.10. The van der Waals surface area contributed by atoms with Crippen LogP contribution >= 0.6 is 23.3 Å². The molecule has 1 heterocycles. The minimum absolute atomic E-state index is 0.161. The highest BCUT2D eigenvalue weighted by atomic mass is 32.2. The van der Waals surface area contributed by atoms with Crippen molar-refractivity contribution in [1.82, 2.24) is 14.7 Å². The molecule has 0 aliphatic rings. The van der Waals surface area contributed by atoms with Gasteiger partial charge in [0.1, 0.15) is 17.8 Å². The monoisotopic (exact) mass is 325 g/mol. The van der Waals surface area contributed by atoms with Gasteiger partial charge in [0.2, 0.25) is 0 Å². The lowest BCUT2D eigenvalue weighted by molar-refractivity contribution is 0.393. The van der Waals surface area contributed by atoms with Crippen LogP contribution in [-0.4, -0.2) is 35.9 Å². The van der Waals surface area contributed by atoms with Crippen molar-refractivity contribution in [3.8, 4) is 11.5 Å². The molecule has 21 heavy (non-hydrogen) atoms. The van der Waals surface area contributed by atoms with Crippen molar-refractivity contribution < 1.29 is 9.47 Å². The van der Waals surface area contributed by atoms with Crippen molar-refractivity contribution in [2.45, 2.75) is 17.3 Å². The van der Waals surface area contributed by atoms with Gasteiger partial charge in [-0.05, 0) is 36.3 Å². The zero-order valence-electron chi connectivity index (χ0n) is 12.3. The van der Waals surface area contributed by atoms with Crippen LogP contribution in [0.25, 0.3) is 0 Å². The number of ether oxygens (including phenoxy) is 2. The number of hydrogen-bond donors (Lipinski definition) is 1. The van der Waals surface area contributed by atoms with Crippen LogP contribution in [0.4, 0.5) is 0 Å². The highest BCUT2D eigenvalue weighted by Gasteiger charge is 2.17. The number of rotatable bonds is 8. The molecular weight excluding hydrogens is 306 g/mol. The molecule has 0 amide bonds. The number of nitrogens with zero attached hydrogens (tertiary/aromatic N) is 2. The molecule has 0 radical (unpaired) electrons. The standard InChI is InChI=1S/C14H19N3O2S2/c1-4-15-12(8-20-14-16-9-17-21-14)11-7-10(18-2)5-6-13(11)19-3/h5-7,9,12,15H,4,8H2,1-3H3. The fourth-order valence-electron chi connectivity index (χ4n) is 2.00. The van der Waals surface area contributed by atoms with Gasteiger partial charge in [0.25, 0.3) is 0 Å². The van der Waals surface area contributed by atoms with E-state index in [9.17, 15) is 0 Å². The SMILES string of the molecule is CCNC(CSc1ncns1)c1cc(OC)ccc1OC. The van der Waals surface area contributed by atoms with Gasteiger partial charge in [-0.25, -0.2) is 4.98 Å². The molecule has 5 nitrogen and oxygen atoms in total. The van der Waals surface area contributed by atoms with Crippen LogP contribution in [0.2, 0.25) is 0 Å². The van der Waals surface area contributed by atoms with Gasteiger partial charge >= 0.3 is 0 Å². The second-order valence-corrected chi connectivity index (χ2v) is 6.28. The summed E-state index contributed by atoms with van der Waals surface area (Å²) in [6.07, 6.45) is 1.58. The first-order valence-electron chi connectivity index (χ1n) is 6.63. The third-order valence-corrected chi connectivity index (χ3v) is 4.87. The van der Waals surface area contributed by atoms with E-state index < -0.39 is 0 Å². The number of methoxy groups -OCH3 is 2. The zero-order chi connectivity index (χ0) is 15.1. The molecule has 2 rings (SSSR count). The lowest BCUT2D eigenvalue weighted by atomic mass is 10.1. The van der Waals surface area contributed by atoms with Gasteiger partial charge < -0.3 is 14.8 Å². The van der Waals surface area contributed by atoms with Crippen LogP contribution in [0.3, 0.4) is 0 Å². The van der Waals surface area contributed by atoms with Crippen LogP contribution in [0.5, 0.6) is 11.5 Å². The van der Waals surface area contributed by atoms with Gasteiger partial charge in [0, 0.05) is 17.4 Å². The molecule has 1 N–H and O–H groups in total. The smallest absolute Gasteiger partial charge is 0.169 e. The van der Waals surface area contributed by atoms with E-state index in [-0.39, 0.29) is 6.04 Å². The third-order valence-electron chi connectivity index (χ3n) is 2.98. The van der Waals surface area contributed by atoms with Crippen LogP contribution in [-0.2, 0) is 0 Å². The minimum Gasteiger partial charge on any atom is -0.497 e. The van der Waals surface area contributed by atoms with E-state index in [0.29, 0.717) is 0 Å². The van der Waals surface area contributed by atoms with E-state index in [1.54, 1.807) is 32.3 Å². The molecule has 2 aromatic rings. The van der Waals surface area contributed by atoms with Crippen molar-refractivity contribution in [3.05, 3.63) is 30.1 Å². The average Bonchev–Trinajstić information content (AvgIpc) is 3.04. The molecule has 114 valence electrons. The maximum atomic E-state index is 5.48. The van der Waals surface area contributed by atoms with Crippen LogP contribution < -0.4 is 14.8 Å². The lowest BCUT2D eigenvalue weighted by Gasteiger charge is -2.20. The summed E-state index contributed by atoms with van der Waals surface area (Å²) in [5, 5.41) is 3.49. The molecule has 0 saturated carbocycles. The molecule has 0 fully saturated rings. The second kappa shape index (κ2) is 8.21. The van der Waals surface area contributed by atoms with Crippen LogP contribution in [0, 0.1) is 0 Å². The fraction of sp³-hybridized carbons (Fsp3) is 0.429. The predicted molar refractivity (Wildman–Crippen MR) is 86.6 cm³/mol. The normalized spacial score (nSPS) is 12.1. The van der Waals surface area contributed by atoms with Crippen LogP contribution in [0.15, 0.2) is 28.9 Å². The molecule has 7 heteroatoms. The number of hydrogen-bond acceptors (Lipinski definition) is 7. The van der Waals surface area contributed by atoms with Gasteiger partial charge in [-0.2, -0.15) is 4.37 Å². The molecule has 1 aromatic carbocycles. The Bertz CT molecular complexity index is 549. The topological polar surface area (TPSA) is 56.3 Å². The molecule has 1 unspecified atom stereocenters. The first-order chi connectivity index (χ1) is 10.3. The minimum atomic E-state index is 0.161. The number of nitrogens with one attached hydrogen (secondary N) is 1. The first kappa shape index (κ1) is 16.1. The van der Waals surface area contributed by atoms with Crippen molar-refractivity contribution in [2.75, 3.05) is 26.5 Å². The molecule has 0 saturated heterocycles. The number of benzene rings is 1. The van der Waals surface area contributed by atoms with Gasteiger partial charge in [-0.1, -0.05) is 18.7 Å². The van der Waals surface area contributed by atoms with Gasteiger partial charge in [0.05, 0.1) is 14.2 Å². The summed E-state index contributed by atoms with van der Waals surface area (Å²) in [5.74, 6) is 2.54. The maximum Gasteiger partial charge on any atom is 0.169 e. The Balaban J connectivity index is 2.19. The Hall–Kier alpha value is -1.31. The second-order valence-electron chi connectivity index (χ2n) is 4.24. The van der Waals surface area contributed by atoms with E-state index in [2.05, 4.69) is 21.6 Å².